The van der Waals surface area contributed by atoms with E-state index in [1.807, 2.05) is 10.9 Å². The third-order valence-corrected chi connectivity index (χ3v) is 5.48. The Balaban J connectivity index is 1.60. The van der Waals surface area contributed by atoms with E-state index in [9.17, 15) is 18.0 Å². The minimum Gasteiger partial charge on any atom is -0.494 e. The number of alkyl halides is 3. The molecule has 1 fully saturated rings. The number of ether oxygens (including phenoxy) is 1. The van der Waals surface area contributed by atoms with Crippen molar-refractivity contribution in [3.63, 3.8) is 0 Å². The van der Waals surface area contributed by atoms with Gasteiger partial charge in [0.1, 0.15) is 17.1 Å². The van der Waals surface area contributed by atoms with E-state index in [0.29, 0.717) is 17.0 Å². The fraction of sp³-hybridized carbons (Fsp3) is 0.381. The van der Waals surface area contributed by atoms with Crippen LogP contribution in [0, 0.1) is 0 Å². The Hall–Kier alpha value is -3.14. The summed E-state index contributed by atoms with van der Waals surface area (Å²) in [7, 11) is 1.44. The minimum atomic E-state index is -4.63. The second-order valence-corrected chi connectivity index (χ2v) is 7.65. The molecule has 0 bridgehead atoms. The second-order valence-electron chi connectivity index (χ2n) is 7.65. The molecular weight excluding hydrogens is 411 g/mol. The number of pyridine rings is 1. The van der Waals surface area contributed by atoms with Gasteiger partial charge in [-0.25, -0.2) is 4.98 Å². The molecule has 0 aliphatic heterocycles. The van der Waals surface area contributed by atoms with Crippen LogP contribution in [0.4, 0.5) is 18.9 Å². The van der Waals surface area contributed by atoms with E-state index < -0.39 is 17.8 Å². The van der Waals surface area contributed by atoms with Gasteiger partial charge in [-0.15, -0.1) is 0 Å². The Morgan fingerprint density at radius 1 is 1.23 bits per heavy atom. The summed E-state index contributed by atoms with van der Waals surface area (Å²) in [5, 5.41) is 8.01. The zero-order valence-corrected chi connectivity index (χ0v) is 16.8. The number of nitrogens with zero attached hydrogens (tertiary/aromatic N) is 3. The van der Waals surface area contributed by atoms with E-state index in [1.54, 1.807) is 12.1 Å². The normalized spacial score (nSPS) is 19.4. The number of benzene rings is 1. The van der Waals surface area contributed by atoms with E-state index in [1.165, 1.54) is 13.2 Å². The lowest BCUT2D eigenvalue weighted by molar-refractivity contribution is -0.141. The molecule has 0 spiro atoms. The Labute approximate surface area is 176 Å². The first-order valence-electron chi connectivity index (χ1n) is 9.92. The number of hydrogen-bond acceptors (Lipinski definition) is 5. The van der Waals surface area contributed by atoms with Gasteiger partial charge >= 0.3 is 6.18 Å². The Kier molecular flexibility index (Phi) is 5.57. The molecule has 0 atom stereocenters. The average molecular weight is 433 g/mol. The van der Waals surface area contributed by atoms with Crippen molar-refractivity contribution in [1.82, 2.24) is 14.8 Å². The molecule has 1 aliphatic rings. The van der Waals surface area contributed by atoms with Crippen molar-refractivity contribution < 1.29 is 22.7 Å². The van der Waals surface area contributed by atoms with Gasteiger partial charge in [0, 0.05) is 23.7 Å². The number of carbonyl (C=O) groups excluding carboxylic acids is 1. The van der Waals surface area contributed by atoms with Crippen molar-refractivity contribution in [3.05, 3.63) is 47.9 Å². The fourth-order valence-electron chi connectivity index (χ4n) is 3.80. The van der Waals surface area contributed by atoms with Crippen LogP contribution in [0.1, 0.15) is 47.9 Å². The van der Waals surface area contributed by atoms with E-state index in [-0.39, 0.29) is 17.8 Å². The van der Waals surface area contributed by atoms with Crippen LogP contribution >= 0.6 is 0 Å². The molecule has 31 heavy (non-hydrogen) atoms. The monoisotopic (exact) mass is 433 g/mol. The summed E-state index contributed by atoms with van der Waals surface area (Å²) >= 11 is 0. The predicted molar refractivity (Wildman–Crippen MR) is 109 cm³/mol. The molecule has 0 radical (unpaired) electrons. The summed E-state index contributed by atoms with van der Waals surface area (Å²) in [6.45, 7) is 0. The van der Waals surface area contributed by atoms with Crippen molar-refractivity contribution in [2.75, 3.05) is 12.4 Å². The van der Waals surface area contributed by atoms with Crippen LogP contribution in [-0.2, 0) is 6.18 Å². The highest BCUT2D eigenvalue weighted by Gasteiger charge is 2.33. The van der Waals surface area contributed by atoms with Crippen LogP contribution in [0.25, 0.3) is 10.9 Å². The molecule has 2 aromatic heterocycles. The van der Waals surface area contributed by atoms with Crippen LogP contribution in [-0.4, -0.2) is 33.8 Å². The maximum atomic E-state index is 12.9. The van der Waals surface area contributed by atoms with Crippen molar-refractivity contribution in [3.8, 4) is 5.75 Å². The highest BCUT2D eigenvalue weighted by Crippen LogP contribution is 2.33. The zero-order valence-electron chi connectivity index (χ0n) is 16.8. The van der Waals surface area contributed by atoms with Gasteiger partial charge in [0.25, 0.3) is 5.91 Å². The Bertz CT molecular complexity index is 1100. The number of fused-ring (bicyclic) bond motifs is 1. The topological polar surface area (TPSA) is 95.1 Å². The number of aromatic nitrogens is 3. The van der Waals surface area contributed by atoms with Gasteiger partial charge in [-0.2, -0.15) is 18.3 Å². The molecule has 4 rings (SSSR count). The zero-order chi connectivity index (χ0) is 22.2. The summed E-state index contributed by atoms with van der Waals surface area (Å²) in [6.07, 6.45) is 1.03. The molecule has 7 nitrogen and oxygen atoms in total. The van der Waals surface area contributed by atoms with Gasteiger partial charge in [0.2, 0.25) is 0 Å². The number of amides is 1. The largest absolute Gasteiger partial charge is 0.494 e. The summed E-state index contributed by atoms with van der Waals surface area (Å²) in [5.74, 6) is -0.416. The lowest BCUT2D eigenvalue weighted by atomic mass is 9.92. The number of carbonyl (C=O) groups is 1. The number of halogens is 3. The van der Waals surface area contributed by atoms with Gasteiger partial charge < -0.3 is 15.8 Å². The van der Waals surface area contributed by atoms with E-state index in [4.69, 9.17) is 10.5 Å². The van der Waals surface area contributed by atoms with Gasteiger partial charge in [0.15, 0.2) is 0 Å². The SMILES string of the molecule is COc1cc2nn(C3CCC(N)CC3)cc2cc1NC(=O)c1cccc(C(F)(F)F)n1. The fourth-order valence-corrected chi connectivity index (χ4v) is 3.80. The lowest BCUT2D eigenvalue weighted by Crippen LogP contribution is -2.27. The first-order valence-corrected chi connectivity index (χ1v) is 9.92. The second kappa shape index (κ2) is 8.18. The molecule has 164 valence electrons. The highest BCUT2D eigenvalue weighted by atomic mass is 19.4. The maximum absolute atomic E-state index is 12.9. The van der Waals surface area contributed by atoms with Crippen molar-refractivity contribution in [2.45, 2.75) is 43.9 Å². The van der Waals surface area contributed by atoms with E-state index in [2.05, 4.69) is 15.4 Å². The Morgan fingerprint density at radius 3 is 2.65 bits per heavy atom. The Morgan fingerprint density at radius 2 is 1.97 bits per heavy atom. The van der Waals surface area contributed by atoms with Crippen LogP contribution in [0.5, 0.6) is 5.75 Å². The van der Waals surface area contributed by atoms with Crippen LogP contribution in [0.2, 0.25) is 0 Å². The lowest BCUT2D eigenvalue weighted by Gasteiger charge is -2.26. The standard InChI is InChI=1S/C21H22F3N5O2/c1-31-18-10-16-12(11-29(28-16)14-7-5-13(25)6-8-14)9-17(18)27-20(30)15-3-2-4-19(26-15)21(22,23)24/h2-4,9-11,13-14H,5-8,25H2,1H3,(H,27,30). The maximum Gasteiger partial charge on any atom is 0.433 e. The first-order chi connectivity index (χ1) is 14.7. The number of methoxy groups -OCH3 is 1. The number of nitrogens with two attached hydrogens (primary N) is 1. The van der Waals surface area contributed by atoms with Gasteiger partial charge in [-0.05, 0) is 43.9 Å². The molecule has 3 N–H and O–H groups in total. The van der Waals surface area contributed by atoms with Crippen molar-refractivity contribution >= 4 is 22.5 Å². The molecule has 1 amide bonds. The third-order valence-electron chi connectivity index (χ3n) is 5.48. The van der Waals surface area contributed by atoms with E-state index >= 15 is 0 Å². The van der Waals surface area contributed by atoms with Gasteiger partial charge in [-0.1, -0.05) is 6.07 Å². The molecule has 1 saturated carbocycles. The third kappa shape index (κ3) is 4.48. The van der Waals surface area contributed by atoms with Gasteiger partial charge in [-0.3, -0.25) is 9.48 Å². The van der Waals surface area contributed by atoms with Crippen LogP contribution in [0.3, 0.4) is 0 Å². The summed E-state index contributed by atoms with van der Waals surface area (Å²) in [6, 6.07) is 7.05. The molecule has 10 heteroatoms. The molecular formula is C21H22F3N5O2. The molecule has 0 unspecified atom stereocenters. The quantitative estimate of drug-likeness (QED) is 0.645. The highest BCUT2D eigenvalue weighted by molar-refractivity contribution is 6.05. The predicted octanol–water partition coefficient (Wildman–Crippen LogP) is 4.15. The molecule has 3 aromatic rings. The van der Waals surface area contributed by atoms with Gasteiger partial charge in [0.05, 0.1) is 24.4 Å². The summed E-state index contributed by atoms with van der Waals surface area (Å²) < 4.78 is 46.0. The minimum absolute atomic E-state index is 0.229. The average Bonchev–Trinajstić information content (AvgIpc) is 3.16. The van der Waals surface area contributed by atoms with Crippen LogP contribution < -0.4 is 15.8 Å². The molecule has 1 aliphatic carbocycles. The number of anilines is 1. The van der Waals surface area contributed by atoms with Crippen molar-refractivity contribution in [1.29, 1.82) is 0 Å². The van der Waals surface area contributed by atoms with Crippen molar-refractivity contribution in [2.24, 2.45) is 5.73 Å². The smallest absolute Gasteiger partial charge is 0.433 e. The number of rotatable bonds is 4. The number of nitrogens with one attached hydrogen (secondary N) is 1. The summed E-state index contributed by atoms with van der Waals surface area (Å²) in [4.78, 5) is 16.0. The molecule has 0 saturated heterocycles. The van der Waals surface area contributed by atoms with Crippen LogP contribution in [0.15, 0.2) is 36.5 Å². The number of hydrogen-bond donors (Lipinski definition) is 2. The first kappa shape index (κ1) is 21.1. The molecule has 2 heterocycles. The van der Waals surface area contributed by atoms with E-state index in [0.717, 1.165) is 43.2 Å². The molecule has 1 aromatic carbocycles. The summed E-state index contributed by atoms with van der Waals surface area (Å²) in [5.41, 5.74) is 5.53.